The number of para-hydroxylation sites is 2. The molecule has 0 saturated heterocycles. The maximum Gasteiger partial charge on any atom is 0.422 e. The molecule has 5 heteroatoms. The summed E-state index contributed by atoms with van der Waals surface area (Å²) in [5.74, 6) is 0. The van der Waals surface area contributed by atoms with E-state index in [1.807, 2.05) is 46.9 Å². The summed E-state index contributed by atoms with van der Waals surface area (Å²) in [5.41, 5.74) is 2.84. The molecule has 0 spiro atoms. The van der Waals surface area contributed by atoms with E-state index in [0.717, 1.165) is 33.0 Å². The summed E-state index contributed by atoms with van der Waals surface area (Å²) >= 11 is 0. The van der Waals surface area contributed by atoms with Crippen molar-refractivity contribution < 1.29 is 9.53 Å². The molecule has 0 radical (unpaired) electrons. The molecule has 0 bridgehead atoms. The molecule has 0 aliphatic heterocycles. The molecule has 0 amide bonds. The molecule has 0 aliphatic carbocycles. The molecule has 4 rings (SSSR count). The first-order valence-corrected chi connectivity index (χ1v) is 9.12. The summed E-state index contributed by atoms with van der Waals surface area (Å²) in [6.07, 6.45) is 0.129. The Hall–Kier alpha value is -3.08. The second-order valence-corrected chi connectivity index (χ2v) is 7.68. The number of aryl methyl sites for hydroxylation is 1. The van der Waals surface area contributed by atoms with Crippen LogP contribution in [0.5, 0.6) is 0 Å². The second-order valence-electron chi connectivity index (χ2n) is 7.68. The number of hydrogen-bond donors (Lipinski definition) is 0. The highest BCUT2D eigenvalue weighted by Crippen LogP contribution is 2.26. The van der Waals surface area contributed by atoms with Crippen molar-refractivity contribution >= 4 is 33.5 Å². The summed E-state index contributed by atoms with van der Waals surface area (Å²) in [7, 11) is 0. The summed E-state index contributed by atoms with van der Waals surface area (Å²) < 4.78 is 8.65. The highest BCUT2D eigenvalue weighted by molar-refractivity contribution is 5.97. The lowest BCUT2D eigenvalue weighted by molar-refractivity contribution is 0.0539. The van der Waals surface area contributed by atoms with E-state index >= 15 is 0 Å². The van der Waals surface area contributed by atoms with Gasteiger partial charge in [-0.15, -0.1) is 0 Å². The molecule has 2 heterocycles. The fourth-order valence-corrected chi connectivity index (χ4v) is 3.57. The first-order valence-electron chi connectivity index (χ1n) is 9.12. The number of fused-ring (bicyclic) bond motifs is 5. The van der Waals surface area contributed by atoms with Crippen LogP contribution in [0.1, 0.15) is 33.3 Å². The third kappa shape index (κ3) is 2.70. The van der Waals surface area contributed by atoms with Crippen LogP contribution in [0.3, 0.4) is 0 Å². The molecule has 0 saturated carbocycles. The van der Waals surface area contributed by atoms with Crippen LogP contribution in [0.25, 0.3) is 27.5 Å². The van der Waals surface area contributed by atoms with Gasteiger partial charge >= 0.3 is 6.09 Å². The normalized spacial score (nSPS) is 12.1. The van der Waals surface area contributed by atoms with Crippen LogP contribution >= 0.6 is 0 Å². The molecule has 138 valence electrons. The average molecular weight is 362 g/mol. The molecule has 0 aliphatic rings. The summed E-state index contributed by atoms with van der Waals surface area (Å²) in [4.78, 5) is 26.2. The first-order chi connectivity index (χ1) is 12.8. The Bertz CT molecular complexity index is 1260. The molecule has 2 aromatic carbocycles. The molecule has 4 aromatic rings. The number of nitrogens with zero attached hydrogens (tertiary/aromatic N) is 2. The van der Waals surface area contributed by atoms with E-state index in [0.29, 0.717) is 11.0 Å². The van der Waals surface area contributed by atoms with Crippen molar-refractivity contribution in [1.82, 2.24) is 8.97 Å². The van der Waals surface area contributed by atoms with Crippen molar-refractivity contribution in [3.05, 3.63) is 64.4 Å². The lowest BCUT2D eigenvalue weighted by atomic mass is 10.1. The van der Waals surface area contributed by atoms with Gasteiger partial charge in [-0.25, -0.2) is 9.36 Å². The van der Waals surface area contributed by atoms with E-state index in [4.69, 9.17) is 4.74 Å². The number of ether oxygens (including phenoxy) is 1. The Labute approximate surface area is 156 Å². The van der Waals surface area contributed by atoms with Gasteiger partial charge in [-0.1, -0.05) is 37.3 Å². The van der Waals surface area contributed by atoms with Crippen LogP contribution in [-0.2, 0) is 11.2 Å². The monoisotopic (exact) mass is 362 g/mol. The molecule has 27 heavy (non-hydrogen) atoms. The van der Waals surface area contributed by atoms with Gasteiger partial charge in [0.15, 0.2) is 0 Å². The Kier molecular flexibility index (Phi) is 3.84. The maximum atomic E-state index is 13.3. The van der Waals surface area contributed by atoms with Crippen LogP contribution < -0.4 is 5.56 Å². The van der Waals surface area contributed by atoms with Gasteiger partial charge in [0.25, 0.3) is 5.56 Å². The standard InChI is InChI=1S/C22H22N2O3/c1-5-14-10-8-12-17-19(14)23-16-11-7-6-9-15(16)13-18(23)20(25)24(17)21(26)27-22(2,3)4/h6-13H,5H2,1-4H3. The zero-order valence-corrected chi connectivity index (χ0v) is 15.9. The quantitative estimate of drug-likeness (QED) is 0.491. The van der Waals surface area contributed by atoms with Gasteiger partial charge in [-0.3, -0.25) is 4.79 Å². The lowest BCUT2D eigenvalue weighted by Crippen LogP contribution is -2.34. The SMILES string of the molecule is CCc1cccc2c1n1c(cc3ccccc31)c(=O)n2C(=O)OC(C)(C)C. The van der Waals surface area contributed by atoms with Gasteiger partial charge in [-0.2, -0.15) is 0 Å². The zero-order chi connectivity index (χ0) is 19.3. The highest BCUT2D eigenvalue weighted by atomic mass is 16.6. The number of carbonyl (C=O) groups is 1. The third-order valence-corrected chi connectivity index (χ3v) is 4.65. The van der Waals surface area contributed by atoms with Crippen molar-refractivity contribution in [2.45, 2.75) is 39.7 Å². The third-order valence-electron chi connectivity index (χ3n) is 4.65. The van der Waals surface area contributed by atoms with Crippen molar-refractivity contribution in [2.75, 3.05) is 0 Å². The van der Waals surface area contributed by atoms with Gasteiger partial charge < -0.3 is 9.14 Å². The lowest BCUT2D eigenvalue weighted by Gasteiger charge is -2.21. The molecular weight excluding hydrogens is 340 g/mol. The minimum Gasteiger partial charge on any atom is -0.443 e. The number of benzene rings is 2. The molecule has 2 aromatic heterocycles. The molecule has 0 atom stereocenters. The minimum atomic E-state index is -0.690. The van der Waals surface area contributed by atoms with E-state index in [1.165, 1.54) is 0 Å². The fourth-order valence-electron chi connectivity index (χ4n) is 3.57. The van der Waals surface area contributed by atoms with Gasteiger partial charge in [0, 0.05) is 5.39 Å². The largest absolute Gasteiger partial charge is 0.443 e. The van der Waals surface area contributed by atoms with Gasteiger partial charge in [0.1, 0.15) is 11.1 Å². The Balaban J connectivity index is 2.22. The number of hydrogen-bond acceptors (Lipinski definition) is 3. The van der Waals surface area contributed by atoms with Crippen molar-refractivity contribution in [1.29, 1.82) is 0 Å². The zero-order valence-electron chi connectivity index (χ0n) is 15.9. The number of aromatic nitrogens is 2. The predicted octanol–water partition coefficient (Wildman–Crippen LogP) is 4.75. The fraction of sp³-hybridized carbons (Fsp3) is 0.273. The Morgan fingerprint density at radius 2 is 1.70 bits per heavy atom. The first kappa shape index (κ1) is 17.3. The second kappa shape index (κ2) is 5.98. The molecular formula is C22H22N2O3. The summed E-state index contributed by atoms with van der Waals surface area (Å²) in [6, 6.07) is 15.4. The molecule has 5 nitrogen and oxygen atoms in total. The van der Waals surface area contributed by atoms with Crippen LogP contribution in [-0.4, -0.2) is 20.7 Å². The number of rotatable bonds is 1. The average Bonchev–Trinajstić information content (AvgIpc) is 2.99. The van der Waals surface area contributed by atoms with Gasteiger partial charge in [0.05, 0.1) is 16.6 Å². The highest BCUT2D eigenvalue weighted by Gasteiger charge is 2.24. The van der Waals surface area contributed by atoms with Crippen LogP contribution in [0, 0.1) is 0 Å². The molecule has 0 fully saturated rings. The smallest absolute Gasteiger partial charge is 0.422 e. The summed E-state index contributed by atoms with van der Waals surface area (Å²) in [5, 5.41) is 0.962. The van der Waals surface area contributed by atoms with E-state index in [2.05, 4.69) is 6.92 Å². The molecule has 0 N–H and O–H groups in total. The van der Waals surface area contributed by atoms with Crippen molar-refractivity contribution in [3.8, 4) is 0 Å². The van der Waals surface area contributed by atoms with Crippen LogP contribution in [0.4, 0.5) is 4.79 Å². The minimum absolute atomic E-state index is 0.374. The van der Waals surface area contributed by atoms with Gasteiger partial charge in [-0.05, 0) is 51.0 Å². The van der Waals surface area contributed by atoms with E-state index in [-0.39, 0.29) is 5.56 Å². The van der Waals surface area contributed by atoms with Crippen molar-refractivity contribution in [2.24, 2.45) is 0 Å². The maximum absolute atomic E-state index is 13.3. The summed E-state index contributed by atoms with van der Waals surface area (Å²) in [6.45, 7) is 7.44. The predicted molar refractivity (Wildman–Crippen MR) is 108 cm³/mol. The van der Waals surface area contributed by atoms with E-state index in [1.54, 1.807) is 26.8 Å². The van der Waals surface area contributed by atoms with E-state index < -0.39 is 11.7 Å². The Morgan fingerprint density at radius 3 is 2.41 bits per heavy atom. The van der Waals surface area contributed by atoms with Crippen molar-refractivity contribution in [3.63, 3.8) is 0 Å². The van der Waals surface area contributed by atoms with E-state index in [9.17, 15) is 9.59 Å². The number of carbonyl (C=O) groups excluding carboxylic acids is 1. The van der Waals surface area contributed by atoms with Gasteiger partial charge in [0.2, 0.25) is 0 Å². The van der Waals surface area contributed by atoms with Crippen LogP contribution in [0.15, 0.2) is 53.3 Å². The Morgan fingerprint density at radius 1 is 1.00 bits per heavy atom. The topological polar surface area (TPSA) is 52.7 Å². The molecule has 0 unspecified atom stereocenters. The van der Waals surface area contributed by atoms with Crippen LogP contribution in [0.2, 0.25) is 0 Å².